The summed E-state index contributed by atoms with van der Waals surface area (Å²) in [7, 11) is 2.91. The van der Waals surface area contributed by atoms with Gasteiger partial charge < -0.3 is 29.6 Å². The minimum Gasteiger partial charge on any atom is -0.497 e. The number of rotatable bonds is 5. The normalized spacial score (nSPS) is 18.4. The summed E-state index contributed by atoms with van der Waals surface area (Å²) >= 11 is 0. The summed E-state index contributed by atoms with van der Waals surface area (Å²) in [6.45, 7) is 0.0618. The highest BCUT2D eigenvalue weighted by molar-refractivity contribution is 6.04. The van der Waals surface area contributed by atoms with Crippen molar-refractivity contribution in [1.29, 1.82) is 0 Å². The minimum absolute atomic E-state index is 0.0618. The number of aromatic nitrogens is 2. The molecule has 0 saturated heterocycles. The first-order valence-electron chi connectivity index (χ1n) is 10.6. The van der Waals surface area contributed by atoms with Crippen LogP contribution in [0.15, 0.2) is 42.5 Å². The van der Waals surface area contributed by atoms with Gasteiger partial charge in [-0.05, 0) is 29.8 Å². The number of nitrogens with one attached hydrogen (secondary N) is 2. The topological polar surface area (TPSA) is 95.9 Å². The van der Waals surface area contributed by atoms with E-state index in [1.54, 1.807) is 36.4 Å². The molecule has 3 heterocycles. The number of nitrogens with zero attached hydrogens (tertiary/aromatic N) is 2. The molecular formula is C23H21F3N4O5. The van der Waals surface area contributed by atoms with Gasteiger partial charge in [0.25, 0.3) is 5.91 Å². The van der Waals surface area contributed by atoms with Crippen molar-refractivity contribution in [3.05, 3.63) is 53.7 Å². The molecule has 1 aromatic heterocycles. The number of halogens is 3. The molecule has 2 atom stereocenters. The van der Waals surface area contributed by atoms with E-state index < -0.39 is 24.2 Å². The molecule has 12 heteroatoms. The molecule has 0 spiro atoms. The number of hydrogen-bond acceptors (Lipinski definition) is 7. The lowest BCUT2D eigenvalue weighted by atomic mass is 9.96. The van der Waals surface area contributed by atoms with Crippen LogP contribution in [0.25, 0.3) is 0 Å². The molecule has 0 saturated carbocycles. The van der Waals surface area contributed by atoms with Gasteiger partial charge >= 0.3 is 6.18 Å². The van der Waals surface area contributed by atoms with Crippen molar-refractivity contribution in [2.75, 3.05) is 31.6 Å². The predicted octanol–water partition coefficient (Wildman–Crippen LogP) is 4.54. The van der Waals surface area contributed by atoms with Crippen LogP contribution in [-0.4, -0.2) is 42.9 Å². The predicted molar refractivity (Wildman–Crippen MR) is 118 cm³/mol. The molecule has 0 aliphatic carbocycles. The van der Waals surface area contributed by atoms with Gasteiger partial charge in [-0.3, -0.25) is 4.79 Å². The van der Waals surface area contributed by atoms with Crippen molar-refractivity contribution in [2.24, 2.45) is 0 Å². The van der Waals surface area contributed by atoms with E-state index in [0.29, 0.717) is 34.2 Å². The van der Waals surface area contributed by atoms with E-state index in [1.165, 1.54) is 20.3 Å². The monoisotopic (exact) mass is 490 g/mol. The van der Waals surface area contributed by atoms with Crippen LogP contribution in [0.4, 0.5) is 24.7 Å². The molecule has 2 aliphatic rings. The fourth-order valence-corrected chi connectivity index (χ4v) is 4.12. The number of carbonyl (C=O) groups excluding carboxylic acids is 1. The summed E-state index contributed by atoms with van der Waals surface area (Å²) < 4.78 is 63.8. The third kappa shape index (κ3) is 4.27. The fraction of sp³-hybridized carbons (Fsp3) is 0.304. The third-order valence-corrected chi connectivity index (χ3v) is 5.88. The zero-order valence-corrected chi connectivity index (χ0v) is 18.7. The van der Waals surface area contributed by atoms with E-state index in [9.17, 15) is 18.0 Å². The molecule has 2 aromatic carbocycles. The maximum Gasteiger partial charge on any atom is 0.410 e. The Labute approximate surface area is 197 Å². The molecule has 3 aromatic rings. The third-order valence-electron chi connectivity index (χ3n) is 5.88. The Balaban J connectivity index is 1.43. The van der Waals surface area contributed by atoms with Crippen molar-refractivity contribution in [2.45, 2.75) is 24.7 Å². The quantitative estimate of drug-likeness (QED) is 0.542. The molecule has 9 nitrogen and oxygen atoms in total. The van der Waals surface area contributed by atoms with Gasteiger partial charge in [0, 0.05) is 18.6 Å². The zero-order valence-electron chi connectivity index (χ0n) is 18.7. The summed E-state index contributed by atoms with van der Waals surface area (Å²) in [5, 5.41) is 9.68. The molecule has 0 fully saturated rings. The smallest absolute Gasteiger partial charge is 0.410 e. The first-order chi connectivity index (χ1) is 16.8. The first kappa shape index (κ1) is 22.7. The molecule has 5 rings (SSSR count). The van der Waals surface area contributed by atoms with Crippen LogP contribution in [-0.2, 0) is 0 Å². The second-order valence-corrected chi connectivity index (χ2v) is 7.98. The highest BCUT2D eigenvalue weighted by Crippen LogP contribution is 2.45. The fourth-order valence-electron chi connectivity index (χ4n) is 4.12. The number of hydrogen-bond donors (Lipinski definition) is 2. The van der Waals surface area contributed by atoms with E-state index in [2.05, 4.69) is 15.7 Å². The zero-order chi connectivity index (χ0) is 24.7. The summed E-state index contributed by atoms with van der Waals surface area (Å²) in [5.74, 6) is 1.25. The van der Waals surface area contributed by atoms with Gasteiger partial charge in [0.2, 0.25) is 6.79 Å². The Morgan fingerprint density at radius 3 is 2.66 bits per heavy atom. The molecule has 2 aliphatic heterocycles. The van der Waals surface area contributed by atoms with Gasteiger partial charge in [0.05, 0.1) is 25.9 Å². The van der Waals surface area contributed by atoms with Gasteiger partial charge in [0.15, 0.2) is 23.2 Å². The van der Waals surface area contributed by atoms with Crippen molar-refractivity contribution in [1.82, 2.24) is 9.78 Å². The Morgan fingerprint density at radius 1 is 1.11 bits per heavy atom. The Morgan fingerprint density at radius 2 is 1.91 bits per heavy atom. The van der Waals surface area contributed by atoms with Crippen LogP contribution in [0.5, 0.6) is 23.0 Å². The first-order valence-corrected chi connectivity index (χ1v) is 10.6. The van der Waals surface area contributed by atoms with E-state index in [1.807, 2.05) is 0 Å². The van der Waals surface area contributed by atoms with Gasteiger partial charge in [0.1, 0.15) is 17.3 Å². The standard InChI is InChI=1S/C23H21F3N4O5/c1-32-13-4-5-14(18(8-13)33-2)28-22(31)16-10-21-27-15(9-20(23(24,25)26)30(21)29-16)12-3-6-17-19(7-12)35-11-34-17/h3-8,10,15,20,27H,9,11H2,1-2H3,(H,28,31)/t15-,20+/m1/s1. The molecule has 1 amide bonds. The van der Waals surface area contributed by atoms with Crippen LogP contribution in [0.2, 0.25) is 0 Å². The lowest BCUT2D eigenvalue weighted by Crippen LogP contribution is -2.35. The highest BCUT2D eigenvalue weighted by Gasteiger charge is 2.47. The number of ether oxygens (including phenoxy) is 4. The lowest BCUT2D eigenvalue weighted by Gasteiger charge is -2.33. The van der Waals surface area contributed by atoms with Gasteiger partial charge in [-0.25, -0.2) is 4.68 Å². The van der Waals surface area contributed by atoms with Crippen molar-refractivity contribution < 1.29 is 36.9 Å². The van der Waals surface area contributed by atoms with Gasteiger partial charge in [-0.15, -0.1) is 0 Å². The van der Waals surface area contributed by atoms with Crippen molar-refractivity contribution >= 4 is 17.4 Å². The molecule has 0 bridgehead atoms. The Kier molecular flexibility index (Phi) is 5.58. The largest absolute Gasteiger partial charge is 0.497 e. The number of fused-ring (bicyclic) bond motifs is 2. The number of alkyl halides is 3. The molecule has 184 valence electrons. The second-order valence-electron chi connectivity index (χ2n) is 7.98. The molecule has 2 N–H and O–H groups in total. The van der Waals surface area contributed by atoms with E-state index in [0.717, 1.165) is 4.68 Å². The lowest BCUT2D eigenvalue weighted by molar-refractivity contribution is -0.173. The number of benzene rings is 2. The summed E-state index contributed by atoms with van der Waals surface area (Å²) in [5.41, 5.74) is 0.749. The molecule has 0 radical (unpaired) electrons. The van der Waals surface area contributed by atoms with Crippen LogP contribution in [0, 0.1) is 0 Å². The maximum atomic E-state index is 14.0. The average molecular weight is 490 g/mol. The number of amides is 1. The van der Waals surface area contributed by atoms with Crippen LogP contribution in [0.3, 0.4) is 0 Å². The minimum atomic E-state index is -4.58. The number of carbonyl (C=O) groups is 1. The summed E-state index contributed by atoms with van der Waals surface area (Å²) in [4.78, 5) is 12.9. The highest BCUT2D eigenvalue weighted by atomic mass is 19.4. The molecular weight excluding hydrogens is 469 g/mol. The second kappa shape index (κ2) is 8.60. The Bertz CT molecular complexity index is 1280. The van der Waals surface area contributed by atoms with Gasteiger partial charge in [-0.2, -0.15) is 18.3 Å². The van der Waals surface area contributed by atoms with Crippen LogP contribution >= 0.6 is 0 Å². The van der Waals surface area contributed by atoms with E-state index in [4.69, 9.17) is 18.9 Å². The summed E-state index contributed by atoms with van der Waals surface area (Å²) in [6.07, 6.45) is -4.89. The van der Waals surface area contributed by atoms with Gasteiger partial charge in [-0.1, -0.05) is 6.07 Å². The van der Waals surface area contributed by atoms with Crippen LogP contribution < -0.4 is 29.6 Å². The SMILES string of the molecule is COc1ccc(NC(=O)c2cc3n(n2)[C@H](C(F)(F)F)C[C@H](c2ccc4c(c2)OCO4)N3)c(OC)c1. The van der Waals surface area contributed by atoms with Crippen molar-refractivity contribution in [3.8, 4) is 23.0 Å². The number of anilines is 2. The summed E-state index contributed by atoms with van der Waals surface area (Å²) in [6, 6.07) is 8.45. The molecule has 0 unspecified atom stereocenters. The number of methoxy groups -OCH3 is 2. The van der Waals surface area contributed by atoms with E-state index >= 15 is 0 Å². The Hall–Kier alpha value is -4.09. The van der Waals surface area contributed by atoms with E-state index in [-0.39, 0.29) is 24.7 Å². The molecule has 35 heavy (non-hydrogen) atoms. The maximum absolute atomic E-state index is 14.0. The van der Waals surface area contributed by atoms with Crippen LogP contribution in [0.1, 0.15) is 34.6 Å². The van der Waals surface area contributed by atoms with Crippen molar-refractivity contribution in [3.63, 3.8) is 0 Å². The average Bonchev–Trinajstić information content (AvgIpc) is 3.49.